The van der Waals surface area contributed by atoms with E-state index in [4.69, 9.17) is 9.47 Å². The molecule has 1 aliphatic heterocycles. The van der Waals surface area contributed by atoms with Gasteiger partial charge in [-0.1, -0.05) is 6.07 Å². The van der Waals surface area contributed by atoms with Gasteiger partial charge in [0.1, 0.15) is 0 Å². The van der Waals surface area contributed by atoms with Crippen LogP contribution < -0.4 is 25.6 Å². The molecule has 1 fully saturated rings. The van der Waals surface area contributed by atoms with Crippen molar-refractivity contribution < 1.29 is 9.47 Å². The number of hydrogen-bond donors (Lipinski definition) is 3. The van der Waals surface area contributed by atoms with Gasteiger partial charge in [-0.05, 0) is 24.7 Å². The minimum Gasteiger partial charge on any atom is -0.493 e. The van der Waals surface area contributed by atoms with E-state index in [-0.39, 0.29) is 6.04 Å². The second-order valence-electron chi connectivity index (χ2n) is 4.44. The highest BCUT2D eigenvalue weighted by Gasteiger charge is 2.28. The van der Waals surface area contributed by atoms with Crippen LogP contribution in [0.4, 0.5) is 0 Å². The Morgan fingerprint density at radius 1 is 1.28 bits per heavy atom. The van der Waals surface area contributed by atoms with Crippen molar-refractivity contribution in [2.45, 2.75) is 6.04 Å². The summed E-state index contributed by atoms with van der Waals surface area (Å²) in [4.78, 5) is 0. The van der Waals surface area contributed by atoms with E-state index in [1.807, 2.05) is 19.2 Å². The smallest absolute Gasteiger partial charge is 0.161 e. The molecular weight excluding hydrogens is 230 g/mol. The number of hydrogen-bond acceptors (Lipinski definition) is 5. The summed E-state index contributed by atoms with van der Waals surface area (Å²) in [5, 5.41) is 3.22. The van der Waals surface area contributed by atoms with E-state index in [0.717, 1.165) is 24.6 Å². The average molecular weight is 251 g/mol. The second kappa shape index (κ2) is 6.04. The third-order valence-corrected chi connectivity index (χ3v) is 3.33. The summed E-state index contributed by atoms with van der Waals surface area (Å²) in [5.74, 6) is 2.05. The van der Waals surface area contributed by atoms with Gasteiger partial charge in [-0.25, -0.2) is 5.43 Å². The molecule has 3 N–H and O–H groups in total. The Morgan fingerprint density at radius 2 is 2.06 bits per heavy atom. The molecule has 0 spiro atoms. The zero-order valence-corrected chi connectivity index (χ0v) is 11.1. The summed E-state index contributed by atoms with van der Waals surface area (Å²) in [7, 11) is 5.29. The summed E-state index contributed by atoms with van der Waals surface area (Å²) in [6.45, 7) is 1.93. The number of benzene rings is 1. The van der Waals surface area contributed by atoms with Gasteiger partial charge in [0, 0.05) is 19.0 Å². The molecule has 5 heteroatoms. The molecule has 18 heavy (non-hydrogen) atoms. The monoisotopic (exact) mass is 251 g/mol. The van der Waals surface area contributed by atoms with Crippen molar-refractivity contribution in [2.24, 2.45) is 5.92 Å². The van der Waals surface area contributed by atoms with Crippen molar-refractivity contribution in [1.29, 1.82) is 0 Å². The van der Waals surface area contributed by atoms with E-state index in [1.165, 1.54) is 5.56 Å². The summed E-state index contributed by atoms with van der Waals surface area (Å²) >= 11 is 0. The molecule has 0 bridgehead atoms. The summed E-state index contributed by atoms with van der Waals surface area (Å²) < 4.78 is 10.6. The van der Waals surface area contributed by atoms with Crippen molar-refractivity contribution in [3.63, 3.8) is 0 Å². The number of ether oxygens (including phenoxy) is 2. The highest BCUT2D eigenvalue weighted by molar-refractivity contribution is 5.44. The van der Waals surface area contributed by atoms with Crippen molar-refractivity contribution in [2.75, 3.05) is 34.4 Å². The minimum atomic E-state index is 0.289. The van der Waals surface area contributed by atoms with Gasteiger partial charge in [0.05, 0.1) is 20.3 Å². The van der Waals surface area contributed by atoms with Crippen LogP contribution in [0.1, 0.15) is 11.6 Å². The van der Waals surface area contributed by atoms with Gasteiger partial charge in [0.2, 0.25) is 0 Å². The van der Waals surface area contributed by atoms with Gasteiger partial charge in [-0.15, -0.1) is 0 Å². The first-order valence-corrected chi connectivity index (χ1v) is 6.15. The molecule has 0 saturated carbocycles. The first kappa shape index (κ1) is 13.1. The highest BCUT2D eigenvalue weighted by atomic mass is 16.5. The van der Waals surface area contributed by atoms with Crippen LogP contribution in [-0.4, -0.2) is 34.4 Å². The normalized spacial score (nSPS) is 23.1. The van der Waals surface area contributed by atoms with Crippen LogP contribution in [-0.2, 0) is 0 Å². The maximum Gasteiger partial charge on any atom is 0.161 e. The molecule has 0 aromatic heterocycles. The van der Waals surface area contributed by atoms with E-state index in [9.17, 15) is 0 Å². The molecule has 2 unspecified atom stereocenters. The number of methoxy groups -OCH3 is 2. The predicted molar refractivity (Wildman–Crippen MR) is 70.8 cm³/mol. The second-order valence-corrected chi connectivity index (χ2v) is 4.44. The van der Waals surface area contributed by atoms with Gasteiger partial charge in [0.25, 0.3) is 0 Å². The van der Waals surface area contributed by atoms with Gasteiger partial charge in [0.15, 0.2) is 11.5 Å². The van der Waals surface area contributed by atoms with Crippen LogP contribution in [0, 0.1) is 5.92 Å². The molecule has 2 atom stereocenters. The van der Waals surface area contributed by atoms with Gasteiger partial charge in [-0.3, -0.25) is 5.43 Å². The first-order chi connectivity index (χ1) is 8.80. The summed E-state index contributed by atoms with van der Waals surface area (Å²) in [5.41, 5.74) is 7.73. The molecule has 2 rings (SSSR count). The maximum atomic E-state index is 5.34. The molecule has 1 saturated heterocycles. The lowest BCUT2D eigenvalue weighted by Crippen LogP contribution is -2.27. The van der Waals surface area contributed by atoms with E-state index >= 15 is 0 Å². The predicted octanol–water partition coefficient (Wildman–Crippen LogP) is 0.688. The molecule has 1 aromatic carbocycles. The fourth-order valence-corrected chi connectivity index (χ4v) is 2.39. The SMILES string of the molecule is CNCC1CNNC1c1ccc(OC)c(OC)c1. The van der Waals surface area contributed by atoms with Gasteiger partial charge in [-0.2, -0.15) is 0 Å². The topological polar surface area (TPSA) is 54.5 Å². The third-order valence-electron chi connectivity index (χ3n) is 3.33. The number of nitrogens with one attached hydrogen (secondary N) is 3. The molecule has 5 nitrogen and oxygen atoms in total. The van der Waals surface area contributed by atoms with Crippen LogP contribution in [0.25, 0.3) is 0 Å². The van der Waals surface area contributed by atoms with Crippen LogP contribution in [0.2, 0.25) is 0 Å². The van der Waals surface area contributed by atoms with E-state index < -0.39 is 0 Å². The highest BCUT2D eigenvalue weighted by Crippen LogP contribution is 2.33. The average Bonchev–Trinajstić information content (AvgIpc) is 2.86. The van der Waals surface area contributed by atoms with Crippen molar-refractivity contribution >= 4 is 0 Å². The van der Waals surface area contributed by atoms with Crippen LogP contribution >= 0.6 is 0 Å². The van der Waals surface area contributed by atoms with Crippen molar-refractivity contribution in [3.05, 3.63) is 23.8 Å². The zero-order chi connectivity index (χ0) is 13.0. The lowest BCUT2D eigenvalue weighted by molar-refractivity contribution is 0.353. The summed E-state index contributed by atoms with van der Waals surface area (Å²) in [6, 6.07) is 6.35. The standard InChI is InChI=1S/C13H21N3O2/c1-14-7-10-8-15-16-13(10)9-4-5-11(17-2)12(6-9)18-3/h4-6,10,13-16H,7-8H2,1-3H3. The molecule has 100 valence electrons. The largest absolute Gasteiger partial charge is 0.493 e. The zero-order valence-electron chi connectivity index (χ0n) is 11.1. The van der Waals surface area contributed by atoms with Crippen LogP contribution in [0.15, 0.2) is 18.2 Å². The van der Waals surface area contributed by atoms with Crippen molar-refractivity contribution in [3.8, 4) is 11.5 Å². The lowest BCUT2D eigenvalue weighted by atomic mass is 9.94. The van der Waals surface area contributed by atoms with Crippen LogP contribution in [0.5, 0.6) is 11.5 Å². The molecule has 1 heterocycles. The maximum absolute atomic E-state index is 5.34. The molecular formula is C13H21N3O2. The van der Waals surface area contributed by atoms with Gasteiger partial charge < -0.3 is 14.8 Å². The van der Waals surface area contributed by atoms with E-state index in [2.05, 4.69) is 22.2 Å². The Balaban J connectivity index is 2.22. The first-order valence-electron chi connectivity index (χ1n) is 6.15. The third kappa shape index (κ3) is 2.58. The Hall–Kier alpha value is -1.30. The molecule has 1 aliphatic rings. The molecule has 0 amide bonds. The Bertz CT molecular complexity index is 398. The summed E-state index contributed by atoms with van der Waals surface area (Å²) in [6.07, 6.45) is 0. The van der Waals surface area contributed by atoms with E-state index in [0.29, 0.717) is 5.92 Å². The minimum absolute atomic E-state index is 0.289. The quantitative estimate of drug-likeness (QED) is 0.719. The Kier molecular flexibility index (Phi) is 4.41. The number of hydrazine groups is 1. The lowest BCUT2D eigenvalue weighted by Gasteiger charge is -2.19. The van der Waals surface area contributed by atoms with Gasteiger partial charge >= 0.3 is 0 Å². The molecule has 0 aliphatic carbocycles. The number of rotatable bonds is 5. The van der Waals surface area contributed by atoms with Crippen molar-refractivity contribution in [1.82, 2.24) is 16.2 Å². The Morgan fingerprint density at radius 3 is 2.72 bits per heavy atom. The van der Waals surface area contributed by atoms with Crippen LogP contribution in [0.3, 0.4) is 0 Å². The fraction of sp³-hybridized carbons (Fsp3) is 0.538. The Labute approximate surface area is 108 Å². The molecule has 0 radical (unpaired) electrons. The van der Waals surface area contributed by atoms with E-state index in [1.54, 1.807) is 14.2 Å². The fourth-order valence-electron chi connectivity index (χ4n) is 2.39. The molecule has 1 aromatic rings.